The summed E-state index contributed by atoms with van der Waals surface area (Å²) < 4.78 is 10.4. The van der Waals surface area contributed by atoms with Crippen molar-refractivity contribution in [2.75, 3.05) is 25.4 Å². The Balaban J connectivity index is 3.01. The quantitative estimate of drug-likeness (QED) is 0.514. The van der Waals surface area contributed by atoms with Crippen LogP contribution >= 0.6 is 11.8 Å². The highest BCUT2D eigenvalue weighted by molar-refractivity contribution is 8.00. The second-order valence-corrected chi connectivity index (χ2v) is 8.48. The summed E-state index contributed by atoms with van der Waals surface area (Å²) in [6.07, 6.45) is -1.60. The number of ether oxygens (including phenoxy) is 2. The lowest BCUT2D eigenvalue weighted by atomic mass is 9.86. The number of carboxylic acid groups (broad SMARTS) is 1. The van der Waals surface area contributed by atoms with Gasteiger partial charge in [-0.05, 0) is 0 Å². The summed E-state index contributed by atoms with van der Waals surface area (Å²) in [5, 5.41) is 13.4. The minimum Gasteiger partial charge on any atom is -0.480 e. The van der Waals surface area contributed by atoms with E-state index in [1.165, 1.54) is 0 Å². The van der Waals surface area contributed by atoms with Crippen molar-refractivity contribution in [1.82, 2.24) is 10.6 Å². The van der Waals surface area contributed by atoms with Gasteiger partial charge in [-0.3, -0.25) is 24.0 Å². The van der Waals surface area contributed by atoms with Gasteiger partial charge in [-0.15, -0.1) is 11.8 Å². The molecule has 10 nitrogen and oxygen atoms in total. The maximum absolute atomic E-state index is 12.6. The number of carboxylic acids is 1. The first-order valence-corrected chi connectivity index (χ1v) is 10.4. The smallest absolute Gasteiger partial charge is 0.317 e. The Morgan fingerprint density at radius 1 is 1.24 bits per heavy atom. The van der Waals surface area contributed by atoms with E-state index in [2.05, 4.69) is 10.6 Å². The number of rotatable bonds is 5. The molecule has 2 atom stereocenters. The SMILES string of the molecule is CCC(=O)OCC(C)(C)[C@H]1OC(=O)CC(C(=O)O)SCCNC(=O)CCNC1=O. The normalized spacial score (nSPS) is 22.5. The van der Waals surface area contributed by atoms with Crippen LogP contribution in [-0.2, 0) is 33.4 Å². The van der Waals surface area contributed by atoms with Crippen LogP contribution in [0.15, 0.2) is 0 Å². The molecule has 1 aliphatic heterocycles. The van der Waals surface area contributed by atoms with Gasteiger partial charge in [0, 0.05) is 37.1 Å². The number of nitrogens with one attached hydrogen (secondary N) is 2. The number of amides is 2. The third-order valence-corrected chi connectivity index (χ3v) is 5.32. The molecule has 1 heterocycles. The van der Waals surface area contributed by atoms with Crippen molar-refractivity contribution in [2.45, 2.75) is 51.4 Å². The molecular weight excluding hydrogens is 404 g/mol. The molecule has 2 amide bonds. The first-order valence-electron chi connectivity index (χ1n) is 9.30. The third kappa shape index (κ3) is 8.71. The van der Waals surface area contributed by atoms with E-state index in [0.29, 0.717) is 5.75 Å². The van der Waals surface area contributed by atoms with Gasteiger partial charge in [-0.25, -0.2) is 0 Å². The van der Waals surface area contributed by atoms with E-state index in [1.54, 1.807) is 20.8 Å². The number of aliphatic carboxylic acids is 1. The van der Waals surface area contributed by atoms with E-state index in [0.717, 1.165) is 11.8 Å². The van der Waals surface area contributed by atoms with Gasteiger partial charge < -0.3 is 25.2 Å². The number of hydrogen-bond donors (Lipinski definition) is 3. The fourth-order valence-corrected chi connectivity index (χ4v) is 3.33. The molecule has 11 heteroatoms. The third-order valence-electron chi connectivity index (χ3n) is 4.11. The summed E-state index contributed by atoms with van der Waals surface area (Å²) in [5.41, 5.74) is -1.07. The molecule has 164 valence electrons. The topological polar surface area (TPSA) is 148 Å². The molecule has 1 unspecified atom stereocenters. The summed E-state index contributed by atoms with van der Waals surface area (Å²) in [4.78, 5) is 59.7. The van der Waals surface area contributed by atoms with Crippen LogP contribution in [0.25, 0.3) is 0 Å². The number of carbonyl (C=O) groups is 5. The number of hydrogen-bond acceptors (Lipinski definition) is 8. The molecule has 1 rings (SSSR count). The first-order chi connectivity index (χ1) is 13.6. The standard InChI is InChI=1S/C18H28N2O8S/c1-4-13(22)27-10-18(2,3)15-16(24)20-6-5-12(21)19-7-8-29-11(17(25)26)9-14(23)28-15/h11,15H,4-10H2,1-3H3,(H,19,21)(H,20,24)(H,25,26)/t11?,15-/m0/s1. The molecule has 3 N–H and O–H groups in total. The van der Waals surface area contributed by atoms with Gasteiger partial charge in [0.1, 0.15) is 11.9 Å². The number of esters is 2. The fraction of sp³-hybridized carbons (Fsp3) is 0.722. The average molecular weight is 432 g/mol. The van der Waals surface area contributed by atoms with Gasteiger partial charge in [0.05, 0.1) is 6.42 Å². The highest BCUT2D eigenvalue weighted by Crippen LogP contribution is 2.26. The van der Waals surface area contributed by atoms with Crippen LogP contribution in [0.1, 0.15) is 40.0 Å². The van der Waals surface area contributed by atoms with Gasteiger partial charge in [-0.2, -0.15) is 0 Å². The molecular formula is C18H28N2O8S. The zero-order chi connectivity index (χ0) is 22.0. The van der Waals surface area contributed by atoms with Crippen molar-refractivity contribution in [3.63, 3.8) is 0 Å². The molecule has 1 aliphatic rings. The highest BCUT2D eigenvalue weighted by atomic mass is 32.2. The molecule has 0 saturated carbocycles. The van der Waals surface area contributed by atoms with E-state index in [-0.39, 0.29) is 38.4 Å². The van der Waals surface area contributed by atoms with E-state index in [1.807, 2.05) is 0 Å². The molecule has 1 fully saturated rings. The van der Waals surface area contributed by atoms with Crippen LogP contribution in [0.3, 0.4) is 0 Å². The lowest BCUT2D eigenvalue weighted by Crippen LogP contribution is -2.49. The molecule has 0 aromatic rings. The predicted molar refractivity (Wildman–Crippen MR) is 104 cm³/mol. The van der Waals surface area contributed by atoms with E-state index >= 15 is 0 Å². The maximum Gasteiger partial charge on any atom is 0.317 e. The van der Waals surface area contributed by atoms with Gasteiger partial charge in [0.15, 0.2) is 6.10 Å². The molecule has 29 heavy (non-hydrogen) atoms. The Bertz CT molecular complexity index is 637. The largest absolute Gasteiger partial charge is 0.480 e. The fourth-order valence-electron chi connectivity index (χ4n) is 2.43. The second-order valence-electron chi connectivity index (χ2n) is 7.17. The average Bonchev–Trinajstić information content (AvgIpc) is 2.65. The maximum atomic E-state index is 12.6. The van der Waals surface area contributed by atoms with Crippen molar-refractivity contribution in [3.8, 4) is 0 Å². The van der Waals surface area contributed by atoms with Crippen LogP contribution in [0, 0.1) is 5.41 Å². The van der Waals surface area contributed by atoms with Crippen molar-refractivity contribution in [3.05, 3.63) is 0 Å². The van der Waals surface area contributed by atoms with E-state index < -0.39 is 47.0 Å². The van der Waals surface area contributed by atoms with E-state index in [9.17, 15) is 29.1 Å². The van der Waals surface area contributed by atoms with Crippen LogP contribution in [0.2, 0.25) is 0 Å². The Hall–Kier alpha value is -2.30. The zero-order valence-corrected chi connectivity index (χ0v) is 17.6. The summed E-state index contributed by atoms with van der Waals surface area (Å²) >= 11 is 1.00. The van der Waals surface area contributed by atoms with Crippen molar-refractivity contribution >= 4 is 41.5 Å². The lowest BCUT2D eigenvalue weighted by Gasteiger charge is -2.32. The first kappa shape index (κ1) is 24.7. The summed E-state index contributed by atoms with van der Waals surface area (Å²) in [6, 6.07) is 0. The Morgan fingerprint density at radius 2 is 1.93 bits per heavy atom. The molecule has 0 aliphatic carbocycles. The molecule has 0 bridgehead atoms. The zero-order valence-electron chi connectivity index (χ0n) is 16.8. The Labute approximate surface area is 173 Å². The minimum absolute atomic E-state index is 0.0185. The molecule has 0 aromatic carbocycles. The van der Waals surface area contributed by atoms with Gasteiger partial charge in [0.2, 0.25) is 5.91 Å². The van der Waals surface area contributed by atoms with Crippen molar-refractivity contribution in [2.24, 2.45) is 5.41 Å². The van der Waals surface area contributed by atoms with Crippen LogP contribution in [0.5, 0.6) is 0 Å². The van der Waals surface area contributed by atoms with Crippen molar-refractivity contribution in [1.29, 1.82) is 0 Å². The molecule has 0 aromatic heterocycles. The van der Waals surface area contributed by atoms with Crippen LogP contribution in [0.4, 0.5) is 0 Å². The summed E-state index contributed by atoms with van der Waals surface area (Å²) in [7, 11) is 0. The van der Waals surface area contributed by atoms with Crippen LogP contribution in [-0.4, -0.2) is 71.6 Å². The van der Waals surface area contributed by atoms with Crippen molar-refractivity contribution < 1.29 is 38.6 Å². The Kier molecular flexibility index (Phi) is 9.93. The number of carbonyl (C=O) groups excluding carboxylic acids is 4. The Morgan fingerprint density at radius 3 is 2.55 bits per heavy atom. The monoisotopic (exact) mass is 432 g/mol. The molecule has 0 spiro atoms. The highest BCUT2D eigenvalue weighted by Gasteiger charge is 2.40. The predicted octanol–water partition coefficient (Wildman–Crippen LogP) is 0.0902. The molecule has 1 saturated heterocycles. The van der Waals surface area contributed by atoms with Gasteiger partial charge in [-0.1, -0.05) is 20.8 Å². The van der Waals surface area contributed by atoms with Gasteiger partial charge >= 0.3 is 17.9 Å². The molecule has 0 radical (unpaired) electrons. The summed E-state index contributed by atoms with van der Waals surface area (Å²) in [5.74, 6) is -3.14. The summed E-state index contributed by atoms with van der Waals surface area (Å²) in [6.45, 7) is 4.91. The van der Waals surface area contributed by atoms with E-state index in [4.69, 9.17) is 9.47 Å². The van der Waals surface area contributed by atoms with Gasteiger partial charge in [0.25, 0.3) is 5.91 Å². The lowest BCUT2D eigenvalue weighted by molar-refractivity contribution is -0.169. The number of thioether (sulfide) groups is 1. The van der Waals surface area contributed by atoms with Crippen LogP contribution < -0.4 is 10.6 Å². The second kappa shape index (κ2) is 11.6. The number of cyclic esters (lactones) is 1. The minimum atomic E-state index is -1.33.